The molecular weight excluding hydrogens is 514 g/mol. The molecule has 0 aliphatic carbocycles. The summed E-state index contributed by atoms with van der Waals surface area (Å²) in [4.78, 5) is 15.7. The van der Waals surface area contributed by atoms with Gasteiger partial charge in [0.15, 0.2) is 0 Å². The van der Waals surface area contributed by atoms with E-state index in [9.17, 15) is 74.8 Å². The van der Waals surface area contributed by atoms with Gasteiger partial charge in [-0.05, 0) is 11.6 Å². The van der Waals surface area contributed by atoms with Crippen LogP contribution in [0.25, 0.3) is 0 Å². The first kappa shape index (κ1) is 28.3. The maximum atomic E-state index is 13.1. The lowest BCUT2D eigenvalue weighted by molar-refractivity contribution is -0.444. The van der Waals surface area contributed by atoms with Gasteiger partial charge in [-0.2, -0.15) is 70.2 Å². The summed E-state index contributed by atoms with van der Waals surface area (Å²) < 4.78 is 216. The van der Waals surface area contributed by atoms with Crippen LogP contribution in [0.2, 0.25) is 0 Å². The number of halogens is 17. The van der Waals surface area contributed by atoms with Crippen molar-refractivity contribution >= 4 is 19.2 Å². The molecule has 0 rings (SSSR count). The van der Waals surface area contributed by atoms with E-state index in [1.807, 2.05) is 0 Å². The summed E-state index contributed by atoms with van der Waals surface area (Å²) in [6.45, 7) is 0. The van der Waals surface area contributed by atoms with Gasteiger partial charge >= 0.3 is 54.2 Å². The Labute approximate surface area is 151 Å². The van der Waals surface area contributed by atoms with Gasteiger partial charge < -0.3 is 9.79 Å². The topological polar surface area (TPSA) is 57.5 Å². The summed E-state index contributed by atoms with van der Waals surface area (Å²) in [5.41, 5.74) is -7.66. The molecule has 2 N–H and O–H groups in total. The molecule has 0 unspecified atom stereocenters. The van der Waals surface area contributed by atoms with Crippen molar-refractivity contribution in [3.63, 3.8) is 0 Å². The molecule has 21 heteroatoms. The van der Waals surface area contributed by atoms with Gasteiger partial charge in [-0.1, -0.05) is 0 Å². The first-order valence-electron chi connectivity index (χ1n) is 5.77. The average Bonchev–Trinajstić information content (AvgIpc) is 2.43. The molecular formula is C8H2ClF16O3P. The molecule has 0 saturated carbocycles. The summed E-state index contributed by atoms with van der Waals surface area (Å²) in [5.74, 6) is -50.7. The molecule has 0 heterocycles. The van der Waals surface area contributed by atoms with Crippen molar-refractivity contribution in [2.75, 3.05) is 0 Å². The molecule has 0 aliphatic rings. The zero-order valence-electron chi connectivity index (χ0n) is 12.2. The second-order valence-electron chi connectivity index (χ2n) is 5.03. The van der Waals surface area contributed by atoms with Gasteiger partial charge in [0.25, 0.3) is 0 Å². The highest BCUT2D eigenvalue weighted by Crippen LogP contribution is 2.69. The lowest BCUT2D eigenvalue weighted by Crippen LogP contribution is -2.74. The van der Waals surface area contributed by atoms with E-state index in [1.165, 1.54) is 0 Å². The fraction of sp³-hybridized carbons (Fsp3) is 1.00. The van der Waals surface area contributed by atoms with E-state index in [0.29, 0.717) is 0 Å². The van der Waals surface area contributed by atoms with Crippen LogP contribution >= 0.6 is 19.2 Å². The molecule has 29 heavy (non-hydrogen) atoms. The van der Waals surface area contributed by atoms with Crippen molar-refractivity contribution in [2.45, 2.75) is 46.6 Å². The summed E-state index contributed by atoms with van der Waals surface area (Å²) in [6.07, 6.45) is 0. The third-order valence-electron chi connectivity index (χ3n) is 3.07. The van der Waals surface area contributed by atoms with Crippen molar-refractivity contribution in [1.82, 2.24) is 0 Å². The Morgan fingerprint density at radius 2 is 0.690 bits per heavy atom. The highest BCUT2D eigenvalue weighted by Gasteiger charge is 2.96. The van der Waals surface area contributed by atoms with Gasteiger partial charge in [-0.25, -0.2) is 0 Å². The molecule has 0 spiro atoms. The van der Waals surface area contributed by atoms with Crippen molar-refractivity contribution in [2.24, 2.45) is 0 Å². The smallest absolute Gasteiger partial charge is 0.320 e. The van der Waals surface area contributed by atoms with Gasteiger partial charge in [0.2, 0.25) is 0 Å². The van der Waals surface area contributed by atoms with Crippen LogP contribution < -0.4 is 0 Å². The van der Waals surface area contributed by atoms with Crippen LogP contribution in [0, 0.1) is 0 Å². The molecule has 0 saturated heterocycles. The second-order valence-corrected chi connectivity index (χ2v) is 7.15. The van der Waals surface area contributed by atoms with Gasteiger partial charge in [-0.3, -0.25) is 4.57 Å². The van der Waals surface area contributed by atoms with Crippen LogP contribution in [0.4, 0.5) is 70.2 Å². The quantitative estimate of drug-likeness (QED) is 0.258. The van der Waals surface area contributed by atoms with E-state index in [-0.39, 0.29) is 0 Å². The number of hydrogen-bond donors (Lipinski definition) is 2. The Kier molecular flexibility index (Phi) is 6.50. The number of hydrogen-bond acceptors (Lipinski definition) is 1. The van der Waals surface area contributed by atoms with E-state index < -0.39 is 54.2 Å². The Hall–Kier alpha value is -0.680. The molecule has 0 aliphatic heterocycles. The van der Waals surface area contributed by atoms with Crippen LogP contribution in [0.3, 0.4) is 0 Å². The van der Waals surface area contributed by atoms with E-state index in [4.69, 9.17) is 9.79 Å². The SMILES string of the molecule is O=P(O)(O)C(F)(F)C(F)(F)C(F)(F)C(F)(F)C(F)(F)C(F)(F)C(F)(F)C(F)(F)Cl. The second kappa shape index (κ2) is 6.66. The Bertz CT molecular complexity index is 678. The predicted molar refractivity (Wildman–Crippen MR) is 57.5 cm³/mol. The van der Waals surface area contributed by atoms with Gasteiger partial charge in [0.1, 0.15) is 0 Å². The Morgan fingerprint density at radius 1 is 0.483 bits per heavy atom. The molecule has 176 valence electrons. The molecule has 0 aromatic heterocycles. The maximum Gasteiger partial charge on any atom is 0.413 e. The molecule has 0 radical (unpaired) electrons. The first-order valence-corrected chi connectivity index (χ1v) is 7.76. The molecule has 0 amide bonds. The molecule has 0 fully saturated rings. The van der Waals surface area contributed by atoms with Crippen molar-refractivity contribution in [1.29, 1.82) is 0 Å². The minimum atomic E-state index is -8.75. The standard InChI is InChI=1S/C8H2ClF16O3P/c9-7(22,23)5(18,19)3(14,15)1(10,11)2(12,13)4(16,17)6(20,21)8(24,25)29(26,27)28/h(H2,26,27,28). The van der Waals surface area contributed by atoms with Crippen LogP contribution in [-0.4, -0.2) is 56.4 Å². The maximum absolute atomic E-state index is 13.1. The lowest BCUT2D eigenvalue weighted by Gasteiger charge is -2.42. The Morgan fingerprint density at radius 3 is 0.897 bits per heavy atom. The number of alkyl halides is 17. The van der Waals surface area contributed by atoms with E-state index >= 15 is 0 Å². The van der Waals surface area contributed by atoms with Gasteiger partial charge in [-0.15, -0.1) is 0 Å². The monoisotopic (exact) mass is 516 g/mol. The third-order valence-corrected chi connectivity index (χ3v) is 4.32. The zero-order valence-corrected chi connectivity index (χ0v) is 13.8. The summed E-state index contributed by atoms with van der Waals surface area (Å²) >= 11 is 3.30. The normalized spacial score (nSPS) is 16.9. The van der Waals surface area contributed by atoms with Crippen molar-refractivity contribution < 1.29 is 84.6 Å². The lowest BCUT2D eigenvalue weighted by atomic mass is 9.91. The number of rotatable bonds is 8. The fourth-order valence-electron chi connectivity index (χ4n) is 1.34. The largest absolute Gasteiger partial charge is 0.413 e. The Balaban J connectivity index is 6.86. The average molecular weight is 516 g/mol. The predicted octanol–water partition coefficient (Wildman–Crippen LogP) is 5.40. The first-order chi connectivity index (χ1) is 12.0. The van der Waals surface area contributed by atoms with Gasteiger partial charge in [0.05, 0.1) is 0 Å². The van der Waals surface area contributed by atoms with Crippen LogP contribution in [-0.2, 0) is 4.57 Å². The van der Waals surface area contributed by atoms with E-state index in [2.05, 4.69) is 11.6 Å². The fourth-order valence-corrected chi connectivity index (χ4v) is 1.96. The molecule has 0 atom stereocenters. The van der Waals surface area contributed by atoms with E-state index in [0.717, 1.165) is 0 Å². The zero-order chi connectivity index (χ0) is 24.5. The third kappa shape index (κ3) is 3.44. The van der Waals surface area contributed by atoms with Crippen LogP contribution in [0.5, 0.6) is 0 Å². The van der Waals surface area contributed by atoms with Crippen molar-refractivity contribution in [3.05, 3.63) is 0 Å². The van der Waals surface area contributed by atoms with Crippen LogP contribution in [0.1, 0.15) is 0 Å². The molecule has 0 bridgehead atoms. The highest BCUT2D eigenvalue weighted by atomic mass is 35.5. The van der Waals surface area contributed by atoms with Crippen LogP contribution in [0.15, 0.2) is 0 Å². The molecule has 0 aromatic rings. The molecule has 3 nitrogen and oxygen atoms in total. The minimum absolute atomic E-state index is 3.30. The summed E-state index contributed by atoms with van der Waals surface area (Å²) in [7, 11) is -7.93. The van der Waals surface area contributed by atoms with Crippen molar-refractivity contribution in [3.8, 4) is 0 Å². The highest BCUT2D eigenvalue weighted by molar-refractivity contribution is 7.53. The summed E-state index contributed by atoms with van der Waals surface area (Å²) in [5, 5.41) is -6.90. The van der Waals surface area contributed by atoms with Gasteiger partial charge in [0, 0.05) is 0 Å². The molecule has 0 aromatic carbocycles. The minimum Gasteiger partial charge on any atom is -0.320 e. The summed E-state index contributed by atoms with van der Waals surface area (Å²) in [6, 6.07) is 0. The van der Waals surface area contributed by atoms with E-state index in [1.54, 1.807) is 0 Å².